The molecule has 0 atom stereocenters. The van der Waals surface area contributed by atoms with Crippen molar-refractivity contribution in [1.29, 1.82) is 0 Å². The number of aromatic nitrogens is 1. The van der Waals surface area contributed by atoms with E-state index >= 15 is 0 Å². The summed E-state index contributed by atoms with van der Waals surface area (Å²) in [7, 11) is 1.63. The van der Waals surface area contributed by atoms with Gasteiger partial charge >= 0.3 is 0 Å². The molecule has 0 spiro atoms. The van der Waals surface area contributed by atoms with E-state index in [1.54, 1.807) is 19.2 Å². The van der Waals surface area contributed by atoms with Crippen molar-refractivity contribution in [1.82, 2.24) is 20.5 Å². The molecular formula is C24H30N4O4. The third-order valence-electron chi connectivity index (χ3n) is 6.01. The van der Waals surface area contributed by atoms with Crippen LogP contribution in [0.4, 0.5) is 0 Å². The minimum absolute atomic E-state index is 0.0642. The van der Waals surface area contributed by atoms with Crippen LogP contribution in [0.15, 0.2) is 42.6 Å². The fourth-order valence-electron chi connectivity index (χ4n) is 4.09. The number of hydrogen-bond donors (Lipinski definition) is 2. The van der Waals surface area contributed by atoms with Crippen LogP contribution in [0.1, 0.15) is 46.5 Å². The third kappa shape index (κ3) is 5.56. The van der Waals surface area contributed by atoms with Crippen LogP contribution >= 0.6 is 0 Å². The normalized spacial score (nSPS) is 17.6. The molecule has 170 valence electrons. The van der Waals surface area contributed by atoms with Crippen molar-refractivity contribution >= 4 is 11.8 Å². The van der Waals surface area contributed by atoms with Gasteiger partial charge in [-0.05, 0) is 62.3 Å². The molecule has 1 aromatic heterocycles. The van der Waals surface area contributed by atoms with Crippen LogP contribution in [0.3, 0.4) is 0 Å². The van der Waals surface area contributed by atoms with Crippen LogP contribution in [-0.2, 0) is 0 Å². The average Bonchev–Trinajstić information content (AvgIpc) is 2.85. The first-order valence-corrected chi connectivity index (χ1v) is 11.2. The topological polar surface area (TPSA) is 92.8 Å². The Bertz CT molecular complexity index is 903. The first-order valence-electron chi connectivity index (χ1n) is 11.2. The van der Waals surface area contributed by atoms with Gasteiger partial charge < -0.3 is 25.0 Å². The number of benzene rings is 1. The van der Waals surface area contributed by atoms with Gasteiger partial charge in [-0.3, -0.25) is 14.6 Å². The molecule has 0 saturated carbocycles. The number of pyridine rings is 1. The van der Waals surface area contributed by atoms with E-state index in [0.717, 1.165) is 50.3 Å². The molecule has 2 aliphatic heterocycles. The van der Waals surface area contributed by atoms with Crippen molar-refractivity contribution in [3.63, 3.8) is 0 Å². The summed E-state index contributed by atoms with van der Waals surface area (Å²) in [6.07, 6.45) is 4.94. The zero-order valence-electron chi connectivity index (χ0n) is 18.4. The van der Waals surface area contributed by atoms with Crippen LogP contribution in [0, 0.1) is 0 Å². The lowest BCUT2D eigenvalue weighted by Gasteiger charge is -2.32. The van der Waals surface area contributed by atoms with E-state index in [9.17, 15) is 9.59 Å². The van der Waals surface area contributed by atoms with E-state index in [0.29, 0.717) is 24.3 Å². The third-order valence-corrected chi connectivity index (χ3v) is 6.01. The van der Waals surface area contributed by atoms with Gasteiger partial charge in [0.25, 0.3) is 11.8 Å². The van der Waals surface area contributed by atoms with Crippen LogP contribution in [0.2, 0.25) is 0 Å². The van der Waals surface area contributed by atoms with Gasteiger partial charge in [0, 0.05) is 38.2 Å². The first kappa shape index (κ1) is 22.1. The second-order valence-electron chi connectivity index (χ2n) is 8.21. The predicted molar refractivity (Wildman–Crippen MR) is 120 cm³/mol. The SMILES string of the molecule is COc1ccc(OC2CCN(C(=O)c3ccc(C(=O)NC4CCNCC4)nc3)CC2)cc1. The Hall–Kier alpha value is -3.13. The number of piperidine rings is 2. The molecule has 0 aliphatic carbocycles. The highest BCUT2D eigenvalue weighted by atomic mass is 16.5. The molecule has 2 aromatic rings. The standard InChI is InChI=1S/C24H30N4O4/c1-31-19-3-5-20(6-4-19)32-21-10-14-28(15-11-21)24(30)17-2-7-22(26-16-17)23(29)27-18-8-12-25-13-9-18/h2-7,16,18,21,25H,8-15H2,1H3,(H,27,29). The van der Waals surface area contributed by atoms with E-state index in [4.69, 9.17) is 9.47 Å². The molecule has 0 bridgehead atoms. The average molecular weight is 439 g/mol. The number of likely N-dealkylation sites (tertiary alicyclic amines) is 1. The van der Waals surface area contributed by atoms with E-state index in [1.807, 2.05) is 29.2 Å². The Labute approximate surface area is 188 Å². The van der Waals surface area contributed by atoms with Crippen LogP contribution < -0.4 is 20.1 Å². The maximum Gasteiger partial charge on any atom is 0.270 e. The van der Waals surface area contributed by atoms with Gasteiger partial charge in [0.05, 0.1) is 12.7 Å². The molecule has 1 aromatic carbocycles. The zero-order chi connectivity index (χ0) is 22.3. The van der Waals surface area contributed by atoms with Gasteiger partial charge in [-0.25, -0.2) is 0 Å². The molecule has 2 fully saturated rings. The van der Waals surface area contributed by atoms with Crippen LogP contribution in [0.25, 0.3) is 0 Å². The smallest absolute Gasteiger partial charge is 0.270 e. The van der Waals surface area contributed by atoms with Crippen molar-refractivity contribution in [2.45, 2.75) is 37.8 Å². The lowest BCUT2D eigenvalue weighted by atomic mass is 10.1. The van der Waals surface area contributed by atoms with Gasteiger partial charge in [-0.1, -0.05) is 0 Å². The molecule has 2 amide bonds. The summed E-state index contributed by atoms with van der Waals surface area (Å²) in [6.45, 7) is 3.07. The fraction of sp³-hybridized carbons (Fsp3) is 0.458. The number of carbonyl (C=O) groups is 2. The van der Waals surface area contributed by atoms with Crippen molar-refractivity contribution in [3.8, 4) is 11.5 Å². The Balaban J connectivity index is 1.26. The molecule has 8 nitrogen and oxygen atoms in total. The monoisotopic (exact) mass is 438 g/mol. The Kier molecular flexibility index (Phi) is 7.21. The number of carbonyl (C=O) groups excluding carboxylic acids is 2. The number of nitrogens with zero attached hydrogens (tertiary/aromatic N) is 2. The second kappa shape index (κ2) is 10.5. The fourth-order valence-corrected chi connectivity index (χ4v) is 4.09. The lowest BCUT2D eigenvalue weighted by Crippen LogP contribution is -2.43. The summed E-state index contributed by atoms with van der Waals surface area (Å²) in [6, 6.07) is 11.0. The van der Waals surface area contributed by atoms with Gasteiger partial charge in [-0.15, -0.1) is 0 Å². The van der Waals surface area contributed by atoms with Crippen molar-refractivity contribution in [3.05, 3.63) is 53.9 Å². The summed E-state index contributed by atoms with van der Waals surface area (Å²) in [5.41, 5.74) is 0.838. The van der Waals surface area contributed by atoms with E-state index in [1.165, 1.54) is 6.20 Å². The maximum atomic E-state index is 12.9. The lowest BCUT2D eigenvalue weighted by molar-refractivity contribution is 0.0594. The largest absolute Gasteiger partial charge is 0.497 e. The van der Waals surface area contributed by atoms with Crippen molar-refractivity contribution < 1.29 is 19.1 Å². The molecule has 0 radical (unpaired) electrons. The molecule has 8 heteroatoms. The maximum absolute atomic E-state index is 12.9. The van der Waals surface area contributed by atoms with Gasteiger partial charge in [-0.2, -0.15) is 0 Å². The van der Waals surface area contributed by atoms with Gasteiger partial charge in [0.1, 0.15) is 23.3 Å². The number of hydrogen-bond acceptors (Lipinski definition) is 6. The van der Waals surface area contributed by atoms with Crippen LogP contribution in [0.5, 0.6) is 11.5 Å². The quantitative estimate of drug-likeness (QED) is 0.719. The van der Waals surface area contributed by atoms with Crippen LogP contribution in [-0.4, -0.2) is 67.1 Å². The number of nitrogens with one attached hydrogen (secondary N) is 2. The Morgan fingerprint density at radius 1 is 1.00 bits per heavy atom. The molecule has 3 heterocycles. The minimum Gasteiger partial charge on any atom is -0.497 e. The summed E-state index contributed by atoms with van der Waals surface area (Å²) >= 11 is 0. The summed E-state index contributed by atoms with van der Waals surface area (Å²) < 4.78 is 11.2. The Morgan fingerprint density at radius 3 is 2.31 bits per heavy atom. The summed E-state index contributed by atoms with van der Waals surface area (Å²) in [5.74, 6) is 1.34. The molecule has 4 rings (SSSR count). The first-order chi connectivity index (χ1) is 15.6. The van der Waals surface area contributed by atoms with Gasteiger partial charge in [0.2, 0.25) is 0 Å². The molecule has 32 heavy (non-hydrogen) atoms. The highest BCUT2D eigenvalue weighted by molar-refractivity contribution is 5.96. The highest BCUT2D eigenvalue weighted by Gasteiger charge is 2.25. The Morgan fingerprint density at radius 2 is 1.69 bits per heavy atom. The molecule has 2 saturated heterocycles. The summed E-state index contributed by atoms with van der Waals surface area (Å²) in [5, 5.41) is 6.30. The highest BCUT2D eigenvalue weighted by Crippen LogP contribution is 2.22. The van der Waals surface area contributed by atoms with Crippen molar-refractivity contribution in [2.75, 3.05) is 33.3 Å². The molecule has 0 unspecified atom stereocenters. The molecule has 2 N–H and O–H groups in total. The number of amides is 2. The van der Waals surface area contributed by atoms with Crippen molar-refractivity contribution in [2.24, 2.45) is 0 Å². The number of methoxy groups -OCH3 is 1. The zero-order valence-corrected chi connectivity index (χ0v) is 18.4. The minimum atomic E-state index is -0.188. The van der Waals surface area contributed by atoms with E-state index < -0.39 is 0 Å². The van der Waals surface area contributed by atoms with E-state index in [2.05, 4.69) is 15.6 Å². The number of ether oxygens (including phenoxy) is 2. The van der Waals surface area contributed by atoms with E-state index in [-0.39, 0.29) is 24.0 Å². The van der Waals surface area contributed by atoms with Gasteiger partial charge in [0.15, 0.2) is 0 Å². The predicted octanol–water partition coefficient (Wildman–Crippen LogP) is 2.26. The molecule has 2 aliphatic rings. The number of rotatable bonds is 6. The molecular weight excluding hydrogens is 408 g/mol. The summed E-state index contributed by atoms with van der Waals surface area (Å²) in [4.78, 5) is 31.3. The second-order valence-corrected chi connectivity index (χ2v) is 8.21.